The molecule has 0 saturated heterocycles. The molecule has 4 rings (SSSR count). The number of pyridine rings is 2. The molecule has 0 aliphatic carbocycles. The molecule has 7 heteroatoms. The molecule has 0 radical (unpaired) electrons. The van der Waals surface area contributed by atoms with Crippen LogP contribution in [0.15, 0.2) is 77.8 Å². The minimum atomic E-state index is 0.734. The summed E-state index contributed by atoms with van der Waals surface area (Å²) in [7, 11) is 3.88. The van der Waals surface area contributed by atoms with Crippen molar-refractivity contribution in [3.8, 4) is 0 Å². The van der Waals surface area contributed by atoms with E-state index < -0.39 is 0 Å². The highest BCUT2D eigenvalue weighted by Gasteiger charge is 2.23. The van der Waals surface area contributed by atoms with E-state index in [0.29, 0.717) is 0 Å². The van der Waals surface area contributed by atoms with E-state index in [4.69, 9.17) is 4.98 Å². The van der Waals surface area contributed by atoms with Crippen LogP contribution >= 0.6 is 0 Å². The fraction of sp³-hybridized carbons (Fsp3) is 0.259. The fourth-order valence-electron chi connectivity index (χ4n) is 4.03. The molecule has 7 nitrogen and oxygen atoms in total. The first kappa shape index (κ1) is 23.2. The van der Waals surface area contributed by atoms with Gasteiger partial charge in [0, 0.05) is 63.5 Å². The van der Waals surface area contributed by atoms with Gasteiger partial charge in [0.2, 0.25) is 0 Å². The van der Waals surface area contributed by atoms with Crippen LogP contribution in [-0.2, 0) is 0 Å². The van der Waals surface area contributed by atoms with Crippen LogP contribution in [0, 0.1) is 0 Å². The summed E-state index contributed by atoms with van der Waals surface area (Å²) < 4.78 is 0. The monoisotopic (exact) mass is 453 g/mol. The second-order valence-electron chi connectivity index (χ2n) is 8.33. The van der Waals surface area contributed by atoms with Gasteiger partial charge >= 0.3 is 0 Å². The summed E-state index contributed by atoms with van der Waals surface area (Å²) >= 11 is 0. The zero-order chi connectivity index (χ0) is 24.1. The van der Waals surface area contributed by atoms with Gasteiger partial charge in [-0.25, -0.2) is 9.97 Å². The second kappa shape index (κ2) is 10.3. The van der Waals surface area contributed by atoms with E-state index in [9.17, 15) is 0 Å². The molecule has 0 unspecified atom stereocenters. The lowest BCUT2D eigenvalue weighted by Gasteiger charge is -2.27. The number of hydrogen-bond acceptors (Lipinski definition) is 7. The highest BCUT2D eigenvalue weighted by molar-refractivity contribution is 6.00. The minimum absolute atomic E-state index is 0.734. The van der Waals surface area contributed by atoms with E-state index >= 15 is 0 Å². The summed E-state index contributed by atoms with van der Waals surface area (Å²) in [6, 6.07) is 8.19. The number of hydrogen-bond donors (Lipinski definition) is 1. The van der Waals surface area contributed by atoms with Gasteiger partial charge < -0.3 is 15.1 Å². The standard InChI is InChI=1S/C27H31N7/c1-6-21(16-19(2)28-4)24-8-9-25-27(32-24)34(15-7-14-33(25)5)20(3)31-26-17-22(11-13-30-26)23-10-12-29-18-23/h6,8-9,11-13,16-18H,1,3,7,10,14-15H2,2,4-5H3,(H,30,31)/b21-16+,28-19-. The molecule has 0 spiro atoms. The summed E-state index contributed by atoms with van der Waals surface area (Å²) in [4.78, 5) is 22.4. The van der Waals surface area contributed by atoms with Crippen LogP contribution in [0.4, 0.5) is 17.3 Å². The Kier molecular flexibility index (Phi) is 7.01. The van der Waals surface area contributed by atoms with Crippen LogP contribution in [0.1, 0.15) is 31.0 Å². The van der Waals surface area contributed by atoms with Gasteiger partial charge in [0.25, 0.3) is 0 Å². The van der Waals surface area contributed by atoms with Gasteiger partial charge in [0.15, 0.2) is 5.82 Å². The molecule has 0 fully saturated rings. The van der Waals surface area contributed by atoms with Crippen molar-refractivity contribution in [1.29, 1.82) is 0 Å². The quantitative estimate of drug-likeness (QED) is 0.462. The lowest BCUT2D eigenvalue weighted by molar-refractivity contribution is 0.789. The molecule has 0 amide bonds. The van der Waals surface area contributed by atoms with E-state index in [1.54, 1.807) is 7.05 Å². The number of nitrogens with one attached hydrogen (secondary N) is 1. The minimum Gasteiger partial charge on any atom is -0.372 e. The first-order chi connectivity index (χ1) is 16.5. The van der Waals surface area contributed by atoms with Gasteiger partial charge in [-0.15, -0.1) is 0 Å². The third kappa shape index (κ3) is 4.98. The Morgan fingerprint density at radius 3 is 2.82 bits per heavy atom. The number of aliphatic imine (C=N–C) groups is 2. The molecule has 2 aromatic heterocycles. The average Bonchev–Trinajstić information content (AvgIpc) is 3.34. The highest BCUT2D eigenvalue weighted by atomic mass is 15.3. The number of rotatable bonds is 7. The highest BCUT2D eigenvalue weighted by Crippen LogP contribution is 2.34. The number of allylic oxidation sites excluding steroid dienone is 4. The van der Waals surface area contributed by atoms with Gasteiger partial charge in [0.1, 0.15) is 11.6 Å². The Bertz CT molecular complexity index is 1220. The maximum absolute atomic E-state index is 5.05. The average molecular weight is 454 g/mol. The third-order valence-electron chi connectivity index (χ3n) is 6.01. The summed E-state index contributed by atoms with van der Waals surface area (Å²) in [5.74, 6) is 2.34. The molecule has 2 aromatic rings. The lowest BCUT2D eigenvalue weighted by atomic mass is 10.1. The molecule has 0 aromatic carbocycles. The molecule has 1 N–H and O–H groups in total. The second-order valence-corrected chi connectivity index (χ2v) is 8.33. The summed E-state index contributed by atoms with van der Waals surface area (Å²) in [5, 5.41) is 3.40. The maximum Gasteiger partial charge on any atom is 0.158 e. The van der Waals surface area contributed by atoms with E-state index in [0.717, 1.165) is 71.6 Å². The largest absolute Gasteiger partial charge is 0.372 e. The van der Waals surface area contributed by atoms with Crippen molar-refractivity contribution in [3.05, 3.63) is 79.1 Å². The molecule has 0 atom stereocenters. The molecule has 2 aliphatic heterocycles. The summed E-state index contributed by atoms with van der Waals surface area (Å²) in [6.07, 6.45) is 11.2. The van der Waals surface area contributed by atoms with Crippen LogP contribution in [-0.4, -0.2) is 49.1 Å². The van der Waals surface area contributed by atoms with Crippen molar-refractivity contribution in [3.63, 3.8) is 0 Å². The molecule has 4 heterocycles. The van der Waals surface area contributed by atoms with E-state index in [2.05, 4.69) is 56.4 Å². The lowest BCUT2D eigenvalue weighted by Crippen LogP contribution is -2.28. The van der Waals surface area contributed by atoms with Crippen LogP contribution in [0.2, 0.25) is 0 Å². The first-order valence-electron chi connectivity index (χ1n) is 11.4. The number of aromatic nitrogens is 2. The topological polar surface area (TPSA) is 69.0 Å². The predicted octanol–water partition coefficient (Wildman–Crippen LogP) is 5.18. The Balaban J connectivity index is 1.66. The molecule has 0 bridgehead atoms. The fourth-order valence-corrected chi connectivity index (χ4v) is 4.03. The molecule has 34 heavy (non-hydrogen) atoms. The van der Waals surface area contributed by atoms with Crippen molar-refractivity contribution in [2.24, 2.45) is 9.98 Å². The normalized spacial score (nSPS) is 16.1. The van der Waals surface area contributed by atoms with Gasteiger partial charge in [-0.2, -0.15) is 0 Å². The van der Waals surface area contributed by atoms with Gasteiger partial charge in [0.05, 0.1) is 11.4 Å². The van der Waals surface area contributed by atoms with Crippen LogP contribution in [0.5, 0.6) is 0 Å². The smallest absolute Gasteiger partial charge is 0.158 e. The van der Waals surface area contributed by atoms with Crippen molar-refractivity contribution in [2.45, 2.75) is 19.8 Å². The number of nitrogens with zero attached hydrogens (tertiary/aromatic N) is 6. The Morgan fingerprint density at radius 2 is 2.09 bits per heavy atom. The zero-order valence-electron chi connectivity index (χ0n) is 20.1. The molecular weight excluding hydrogens is 422 g/mol. The van der Waals surface area contributed by atoms with E-state index in [1.807, 2.05) is 55.9 Å². The molecule has 2 aliphatic rings. The Hall–Kier alpha value is -4.00. The van der Waals surface area contributed by atoms with Crippen molar-refractivity contribution in [2.75, 3.05) is 42.3 Å². The number of anilines is 3. The maximum atomic E-state index is 5.05. The molecule has 0 saturated carbocycles. The molecular formula is C27H31N7. The van der Waals surface area contributed by atoms with Gasteiger partial charge in [-0.05, 0) is 54.8 Å². The third-order valence-corrected chi connectivity index (χ3v) is 6.01. The van der Waals surface area contributed by atoms with E-state index in [-0.39, 0.29) is 0 Å². The first-order valence-corrected chi connectivity index (χ1v) is 11.4. The predicted molar refractivity (Wildman–Crippen MR) is 145 cm³/mol. The van der Waals surface area contributed by atoms with Crippen molar-refractivity contribution < 1.29 is 0 Å². The van der Waals surface area contributed by atoms with Crippen molar-refractivity contribution in [1.82, 2.24) is 9.97 Å². The van der Waals surface area contributed by atoms with E-state index in [1.165, 1.54) is 5.57 Å². The van der Waals surface area contributed by atoms with Crippen LogP contribution in [0.25, 0.3) is 11.1 Å². The van der Waals surface area contributed by atoms with Crippen molar-refractivity contribution >= 4 is 40.4 Å². The number of fused-ring (bicyclic) bond motifs is 1. The SMILES string of the molecule is C=C/C(=C\C(C)=N/C)c1ccc2c(n1)N(C(=C)Nc1cc(C3=CN=CC3)ccn1)CCCN2C. The molecule has 174 valence electrons. The Labute approximate surface area is 201 Å². The summed E-state index contributed by atoms with van der Waals surface area (Å²) in [5.41, 5.74) is 6.03. The van der Waals surface area contributed by atoms with Gasteiger partial charge in [-0.1, -0.05) is 19.2 Å². The zero-order valence-corrected chi connectivity index (χ0v) is 20.1. The summed E-state index contributed by atoms with van der Waals surface area (Å²) in [6.45, 7) is 12.0. The Morgan fingerprint density at radius 1 is 1.24 bits per heavy atom. The van der Waals surface area contributed by atoms with Crippen LogP contribution < -0.4 is 15.1 Å². The van der Waals surface area contributed by atoms with Crippen LogP contribution in [0.3, 0.4) is 0 Å². The van der Waals surface area contributed by atoms with Gasteiger partial charge in [-0.3, -0.25) is 9.98 Å².